The van der Waals surface area contributed by atoms with Gasteiger partial charge in [0, 0.05) is 22.9 Å². The van der Waals surface area contributed by atoms with Gasteiger partial charge in [-0.15, -0.1) is 0 Å². The number of aryl methyl sites for hydroxylation is 2. The molecule has 29 heavy (non-hydrogen) atoms. The lowest BCUT2D eigenvalue weighted by Gasteiger charge is -2.23. The molecule has 0 saturated heterocycles. The van der Waals surface area contributed by atoms with Gasteiger partial charge in [0.05, 0.1) is 12.1 Å². The first-order chi connectivity index (χ1) is 14.2. The van der Waals surface area contributed by atoms with E-state index in [4.69, 9.17) is 11.0 Å². The Kier molecular flexibility index (Phi) is 4.36. The lowest BCUT2D eigenvalue weighted by Crippen LogP contribution is -2.30. The Morgan fingerprint density at radius 1 is 1.07 bits per heavy atom. The van der Waals surface area contributed by atoms with Crippen LogP contribution in [0.5, 0.6) is 0 Å². The lowest BCUT2D eigenvalue weighted by molar-refractivity contribution is -0.660. The van der Waals surface area contributed by atoms with Gasteiger partial charge in [0.2, 0.25) is 5.69 Å². The van der Waals surface area contributed by atoms with Crippen molar-refractivity contribution in [1.29, 1.82) is 0 Å². The van der Waals surface area contributed by atoms with Crippen LogP contribution in [-0.2, 0) is 7.05 Å². The summed E-state index contributed by atoms with van der Waals surface area (Å²) in [7, 11) is 2.08. The van der Waals surface area contributed by atoms with Crippen molar-refractivity contribution in [3.8, 4) is 11.3 Å². The minimum Gasteiger partial charge on any atom is -0.455 e. The molecule has 144 valence electrons. The van der Waals surface area contributed by atoms with Crippen molar-refractivity contribution in [3.63, 3.8) is 0 Å². The molecule has 2 aromatic heterocycles. The number of benzene rings is 2. The quantitative estimate of drug-likeness (QED) is 0.271. The van der Waals surface area contributed by atoms with E-state index in [0.717, 1.165) is 27.8 Å². The van der Waals surface area contributed by atoms with Crippen LogP contribution in [0.15, 0.2) is 53.1 Å². The van der Waals surface area contributed by atoms with Crippen LogP contribution < -0.4 is 4.57 Å². The average Bonchev–Trinajstić information content (AvgIpc) is 3.13. The van der Waals surface area contributed by atoms with Gasteiger partial charge in [-0.05, 0) is 55.0 Å². The van der Waals surface area contributed by atoms with Gasteiger partial charge >= 0.3 is 0 Å². The smallest absolute Gasteiger partial charge is 0.216 e. The van der Waals surface area contributed by atoms with Crippen LogP contribution >= 0.6 is 0 Å². The number of nitrogens with zero attached hydrogens (tertiary/aromatic N) is 2. The number of pyridine rings is 1. The van der Waals surface area contributed by atoms with Gasteiger partial charge in [-0.2, -0.15) is 0 Å². The van der Waals surface area contributed by atoms with Gasteiger partial charge < -0.3 is 4.42 Å². The third kappa shape index (κ3) is 2.91. The lowest BCUT2D eigenvalue weighted by atomic mass is 9.81. The predicted molar refractivity (Wildman–Crippen MR) is 117 cm³/mol. The zero-order valence-electron chi connectivity index (χ0n) is 17.0. The van der Waals surface area contributed by atoms with E-state index in [1.165, 1.54) is 48.6 Å². The van der Waals surface area contributed by atoms with Gasteiger partial charge in [0.25, 0.3) is 0 Å². The SMILES string of the molecule is [C-]#[N+]c1ccc2oc3c(-c4cccc[n+]4C)c(C)cc(C4CCCCC4)c3c2c1. The molecule has 0 radical (unpaired) electrons. The van der Waals surface area contributed by atoms with Gasteiger partial charge in [-0.1, -0.05) is 31.4 Å². The number of fused-ring (bicyclic) bond motifs is 3. The van der Waals surface area contributed by atoms with Crippen LogP contribution in [0.2, 0.25) is 0 Å². The molecule has 0 bridgehead atoms. The van der Waals surface area contributed by atoms with Crippen LogP contribution in [0.25, 0.3) is 38.0 Å². The van der Waals surface area contributed by atoms with Crippen LogP contribution in [-0.4, -0.2) is 0 Å². The molecule has 0 unspecified atom stereocenters. The fraction of sp³-hybridized carbons (Fsp3) is 0.308. The number of furan rings is 1. The molecule has 5 rings (SSSR count). The summed E-state index contributed by atoms with van der Waals surface area (Å²) in [4.78, 5) is 3.67. The monoisotopic (exact) mass is 381 g/mol. The maximum atomic E-state index is 7.46. The Bertz CT molecular complexity index is 1270. The van der Waals surface area contributed by atoms with Crippen molar-refractivity contribution in [2.45, 2.75) is 44.9 Å². The van der Waals surface area contributed by atoms with Crippen LogP contribution in [0.1, 0.15) is 49.1 Å². The second-order valence-corrected chi connectivity index (χ2v) is 8.29. The van der Waals surface area contributed by atoms with Gasteiger partial charge in [-0.25, -0.2) is 9.41 Å². The molecule has 0 spiro atoms. The molecule has 3 heteroatoms. The van der Waals surface area contributed by atoms with Crippen molar-refractivity contribution in [2.24, 2.45) is 7.05 Å². The third-order valence-electron chi connectivity index (χ3n) is 6.44. The van der Waals surface area contributed by atoms with Gasteiger partial charge in [0.15, 0.2) is 11.9 Å². The first kappa shape index (κ1) is 17.9. The van der Waals surface area contributed by atoms with E-state index < -0.39 is 0 Å². The molecule has 4 aromatic rings. The highest BCUT2D eigenvalue weighted by Gasteiger charge is 2.26. The summed E-state index contributed by atoms with van der Waals surface area (Å²) < 4.78 is 8.64. The highest BCUT2D eigenvalue weighted by Crippen LogP contribution is 2.45. The second-order valence-electron chi connectivity index (χ2n) is 8.29. The second kappa shape index (κ2) is 7.04. The average molecular weight is 381 g/mol. The largest absolute Gasteiger partial charge is 0.455 e. The van der Waals surface area contributed by atoms with E-state index in [9.17, 15) is 0 Å². The fourth-order valence-electron chi connectivity index (χ4n) is 5.01. The Morgan fingerprint density at radius 2 is 1.90 bits per heavy atom. The van der Waals surface area contributed by atoms with Gasteiger partial charge in [-0.3, -0.25) is 0 Å². The normalized spacial score (nSPS) is 15.1. The molecule has 1 aliphatic carbocycles. The van der Waals surface area contributed by atoms with Crippen LogP contribution in [0.3, 0.4) is 0 Å². The van der Waals surface area contributed by atoms with Crippen molar-refractivity contribution in [2.75, 3.05) is 0 Å². The topological polar surface area (TPSA) is 21.4 Å². The zero-order valence-corrected chi connectivity index (χ0v) is 17.0. The van der Waals surface area contributed by atoms with E-state index in [1.54, 1.807) is 0 Å². The highest BCUT2D eigenvalue weighted by molar-refractivity contribution is 6.12. The minimum atomic E-state index is 0.570. The number of rotatable bonds is 2. The fourth-order valence-corrected chi connectivity index (χ4v) is 5.01. The summed E-state index contributed by atoms with van der Waals surface area (Å²) in [6.07, 6.45) is 8.48. The summed E-state index contributed by atoms with van der Waals surface area (Å²) >= 11 is 0. The molecule has 2 aromatic carbocycles. The molecule has 1 aliphatic rings. The summed E-state index contributed by atoms with van der Waals surface area (Å²) in [6, 6.07) is 14.5. The van der Waals surface area contributed by atoms with Crippen LogP contribution in [0.4, 0.5) is 5.69 Å². The summed E-state index contributed by atoms with van der Waals surface area (Å²) in [5, 5.41) is 2.29. The first-order valence-corrected chi connectivity index (χ1v) is 10.5. The van der Waals surface area contributed by atoms with E-state index in [2.05, 4.69) is 47.8 Å². The maximum Gasteiger partial charge on any atom is 0.216 e. The Balaban J connectivity index is 1.90. The molecule has 0 amide bonds. The molecule has 0 atom stereocenters. The highest BCUT2D eigenvalue weighted by atomic mass is 16.3. The first-order valence-electron chi connectivity index (χ1n) is 10.5. The molecule has 1 fully saturated rings. The van der Waals surface area contributed by atoms with E-state index >= 15 is 0 Å². The molecule has 2 heterocycles. The molecule has 3 nitrogen and oxygen atoms in total. The minimum absolute atomic E-state index is 0.570. The molecule has 0 aliphatic heterocycles. The molecule has 0 N–H and O–H groups in total. The molecule has 1 saturated carbocycles. The number of hydrogen-bond acceptors (Lipinski definition) is 1. The zero-order chi connectivity index (χ0) is 20.0. The van der Waals surface area contributed by atoms with Crippen LogP contribution in [0, 0.1) is 13.5 Å². The van der Waals surface area contributed by atoms with Crippen molar-refractivity contribution >= 4 is 27.6 Å². The standard InChI is InChI=1S/C26H25N2O/c1-17-15-20(18-9-5-4-6-10-18)25-21-16-19(27-2)12-13-23(21)29-26(25)24(17)22-11-7-8-14-28(22)3/h7-8,11-16,18H,4-6,9-10H2,1,3H3/q+1. The van der Waals surface area contributed by atoms with E-state index in [-0.39, 0.29) is 0 Å². The summed E-state index contributed by atoms with van der Waals surface area (Å²) in [6.45, 7) is 9.66. The van der Waals surface area contributed by atoms with Crippen molar-refractivity contribution in [3.05, 3.63) is 71.2 Å². The molecular weight excluding hydrogens is 356 g/mol. The molecular formula is C26H25N2O+. The van der Waals surface area contributed by atoms with E-state index in [1.807, 2.05) is 24.3 Å². The summed E-state index contributed by atoms with van der Waals surface area (Å²) in [5.41, 5.74) is 7.46. The number of hydrogen-bond donors (Lipinski definition) is 0. The van der Waals surface area contributed by atoms with E-state index in [0.29, 0.717) is 11.6 Å². The Morgan fingerprint density at radius 3 is 2.66 bits per heavy atom. The van der Waals surface area contributed by atoms with Crippen molar-refractivity contribution < 1.29 is 8.98 Å². The Hall–Kier alpha value is -3.12. The number of aromatic nitrogens is 1. The Labute approximate surface area is 171 Å². The third-order valence-corrected chi connectivity index (χ3v) is 6.44. The van der Waals surface area contributed by atoms with Crippen molar-refractivity contribution in [1.82, 2.24) is 0 Å². The van der Waals surface area contributed by atoms with Gasteiger partial charge in [0.1, 0.15) is 18.2 Å². The maximum absolute atomic E-state index is 7.46. The predicted octanol–water partition coefficient (Wildman–Crippen LogP) is 6.98. The summed E-state index contributed by atoms with van der Waals surface area (Å²) in [5.74, 6) is 0.570.